The van der Waals surface area contributed by atoms with Crippen LogP contribution in [0.1, 0.15) is 25.0 Å². The Balaban J connectivity index is 1.34. The lowest BCUT2D eigenvalue weighted by Crippen LogP contribution is -2.79. The van der Waals surface area contributed by atoms with E-state index in [-0.39, 0.29) is 11.8 Å². The van der Waals surface area contributed by atoms with Crippen molar-refractivity contribution in [2.45, 2.75) is 68.7 Å². The lowest BCUT2D eigenvalue weighted by atomic mass is 9.52. The summed E-state index contributed by atoms with van der Waals surface area (Å²) in [6.45, 7) is 3.13. The molecule has 4 amide bonds. The number of benzene rings is 2. The SMILES string of the molecule is CC(C)[C@]12SS[C@]3(C(=O)N1C)[C@@H](O)C1(C45c6ccccc6N[C@H]4N4C(=O)[C@@]6(CO)SS[C@]4(C(=O)N6C)[C@H]5O)c4ccccc4N[C@@H]1N3C2=O. The van der Waals surface area contributed by atoms with Crippen LogP contribution in [0.4, 0.5) is 11.4 Å². The first-order valence-corrected chi connectivity index (χ1v) is 20.3. The van der Waals surface area contributed by atoms with Crippen molar-refractivity contribution < 1.29 is 34.5 Å². The zero-order valence-electron chi connectivity index (χ0n) is 26.6. The molecule has 2 unspecified atom stereocenters. The van der Waals surface area contributed by atoms with E-state index in [0.717, 1.165) is 21.6 Å². The third-order valence-electron chi connectivity index (χ3n) is 12.7. The number of aliphatic hydroxyl groups excluding tert-OH is 3. The molecule has 5 N–H and O–H groups in total. The second-order valence-electron chi connectivity index (χ2n) is 14.3. The van der Waals surface area contributed by atoms with Crippen LogP contribution in [0.3, 0.4) is 0 Å². The number of hydrogen-bond donors (Lipinski definition) is 5. The molecule has 4 bridgehead atoms. The predicted molar refractivity (Wildman–Crippen MR) is 186 cm³/mol. The lowest BCUT2D eigenvalue weighted by molar-refractivity contribution is -0.169. The zero-order chi connectivity index (χ0) is 34.4. The first-order valence-electron chi connectivity index (χ1n) is 16.0. The van der Waals surface area contributed by atoms with E-state index in [1.165, 1.54) is 48.2 Å². The third-order valence-corrected chi connectivity index (χ3v) is 20.2. The maximum absolute atomic E-state index is 15.1. The molecule has 8 saturated heterocycles. The van der Waals surface area contributed by atoms with E-state index >= 15 is 4.79 Å². The van der Waals surface area contributed by atoms with Crippen molar-refractivity contribution in [3.63, 3.8) is 0 Å². The van der Waals surface area contributed by atoms with Gasteiger partial charge in [0.25, 0.3) is 23.6 Å². The molecule has 2 aromatic rings. The summed E-state index contributed by atoms with van der Waals surface area (Å²) in [6.07, 6.45) is -5.53. The van der Waals surface area contributed by atoms with E-state index in [9.17, 15) is 29.7 Å². The van der Waals surface area contributed by atoms with E-state index in [1.54, 1.807) is 13.1 Å². The lowest BCUT2D eigenvalue weighted by Gasteiger charge is -2.60. The number of likely N-dealkylation sites (N-methyl/N-ethyl adjacent to an activating group) is 2. The Kier molecular flexibility index (Phi) is 5.67. The number of amides is 4. The average molecular weight is 741 g/mol. The molecule has 10 aliphatic rings. The van der Waals surface area contributed by atoms with Gasteiger partial charge in [0.15, 0.2) is 4.87 Å². The fourth-order valence-corrected chi connectivity index (χ4v) is 18.4. The molecule has 0 radical (unpaired) electrons. The predicted octanol–water partition coefficient (Wildman–Crippen LogP) is 0.939. The van der Waals surface area contributed by atoms with E-state index in [2.05, 4.69) is 10.6 Å². The van der Waals surface area contributed by atoms with Crippen LogP contribution in [0.25, 0.3) is 0 Å². The van der Waals surface area contributed by atoms with Gasteiger partial charge in [-0.25, -0.2) is 0 Å². The van der Waals surface area contributed by atoms with Gasteiger partial charge in [-0.3, -0.25) is 29.0 Å². The molecule has 0 aliphatic carbocycles. The molecule has 17 heteroatoms. The number of anilines is 2. The van der Waals surface area contributed by atoms with Gasteiger partial charge in [0.2, 0.25) is 14.6 Å². The van der Waals surface area contributed by atoms with Gasteiger partial charge in [0.1, 0.15) is 24.5 Å². The number of fused-ring (bicyclic) bond motifs is 11. The summed E-state index contributed by atoms with van der Waals surface area (Å²) in [5.74, 6) is -2.18. The largest absolute Gasteiger partial charge is 0.392 e. The number of aliphatic hydroxyl groups is 3. The highest BCUT2D eigenvalue weighted by Gasteiger charge is 2.93. The van der Waals surface area contributed by atoms with Crippen molar-refractivity contribution in [1.82, 2.24) is 19.6 Å². The number of para-hydroxylation sites is 2. The fraction of sp³-hybridized carbons (Fsp3) is 0.500. The second kappa shape index (κ2) is 8.97. The molecule has 2 spiro atoms. The van der Waals surface area contributed by atoms with Gasteiger partial charge >= 0.3 is 0 Å². The standard InChI is InChI=1S/C32H32N6O7S4/c1-14(2)30-26(45)38-22-29(16-10-6-8-12-18(16)34-22,20(41)32(38,49-47-30)25(44)36(30)4)28-15-9-5-7-11-17(15)33-21(28)37-23(42)27(13-39)35(3)24(43)31(37,19(28)40)48-46-27/h5-12,14,19-22,33-34,39-41H,13H2,1-4H3/t19-,20-,21-,22+,27+,28?,29?,30+,31-,32-/m0/s1. The highest BCUT2D eigenvalue weighted by atomic mass is 33.1. The number of nitrogens with zero attached hydrogens (tertiary/aromatic N) is 4. The molecule has 13 nitrogen and oxygen atoms in total. The van der Waals surface area contributed by atoms with Crippen LogP contribution in [-0.4, -0.2) is 123 Å². The van der Waals surface area contributed by atoms with E-state index in [1.807, 2.05) is 56.3 Å². The molecular formula is C32H32N6O7S4. The van der Waals surface area contributed by atoms with Gasteiger partial charge in [-0.1, -0.05) is 61.0 Å². The van der Waals surface area contributed by atoms with E-state index in [0.29, 0.717) is 22.5 Å². The quantitative estimate of drug-likeness (QED) is 0.283. The summed E-state index contributed by atoms with van der Waals surface area (Å²) in [5, 5.41) is 44.5. The Morgan fingerprint density at radius 1 is 0.694 bits per heavy atom. The molecule has 2 aromatic carbocycles. The van der Waals surface area contributed by atoms with Gasteiger partial charge in [-0.2, -0.15) is 0 Å². The molecule has 0 aromatic heterocycles. The topological polar surface area (TPSA) is 166 Å². The van der Waals surface area contributed by atoms with Gasteiger partial charge < -0.3 is 35.8 Å². The van der Waals surface area contributed by atoms with Crippen molar-refractivity contribution in [2.75, 3.05) is 31.3 Å². The zero-order valence-corrected chi connectivity index (χ0v) is 29.9. The summed E-state index contributed by atoms with van der Waals surface area (Å²) in [5.41, 5.74) is -1.13. The molecule has 0 saturated carbocycles. The van der Waals surface area contributed by atoms with Crippen LogP contribution in [0.15, 0.2) is 48.5 Å². The van der Waals surface area contributed by atoms with Crippen LogP contribution in [0, 0.1) is 5.92 Å². The van der Waals surface area contributed by atoms with Crippen molar-refractivity contribution in [1.29, 1.82) is 0 Å². The second-order valence-corrected chi connectivity index (χ2v) is 19.5. The summed E-state index contributed by atoms with van der Waals surface area (Å²) >= 11 is 0. The average Bonchev–Trinajstić information content (AvgIpc) is 3.75. The summed E-state index contributed by atoms with van der Waals surface area (Å²) in [6, 6.07) is 14.6. The molecule has 10 atom stereocenters. The van der Waals surface area contributed by atoms with Crippen LogP contribution in [-0.2, 0) is 30.0 Å². The third kappa shape index (κ3) is 2.63. The molecule has 10 aliphatic heterocycles. The van der Waals surface area contributed by atoms with Crippen LogP contribution >= 0.6 is 43.2 Å². The first-order chi connectivity index (χ1) is 23.3. The highest BCUT2D eigenvalue weighted by molar-refractivity contribution is 8.78. The monoisotopic (exact) mass is 740 g/mol. The van der Waals surface area contributed by atoms with Crippen molar-refractivity contribution in [3.8, 4) is 0 Å². The molecule has 10 heterocycles. The van der Waals surface area contributed by atoms with Crippen molar-refractivity contribution >= 4 is 78.2 Å². The summed E-state index contributed by atoms with van der Waals surface area (Å²) in [4.78, 5) is 58.4. The Bertz CT molecular complexity index is 1980. The maximum atomic E-state index is 15.1. The Hall–Kier alpha value is -2.80. The molecular weight excluding hydrogens is 709 g/mol. The molecule has 8 fully saturated rings. The number of piperazine rings is 2. The Morgan fingerprint density at radius 2 is 1.16 bits per heavy atom. The number of carbonyl (C=O) groups excluding carboxylic acids is 4. The minimum absolute atomic E-state index is 0.297. The molecule has 256 valence electrons. The van der Waals surface area contributed by atoms with Gasteiger partial charge in [-0.05, 0) is 61.6 Å². The minimum atomic E-state index is -1.87. The normalized spacial score (nSPS) is 45.0. The number of rotatable bonds is 3. The molecule has 12 rings (SSSR count). The smallest absolute Gasteiger partial charge is 0.265 e. The summed E-state index contributed by atoms with van der Waals surface area (Å²) < 4.78 is 0. The van der Waals surface area contributed by atoms with E-state index < -0.39 is 79.2 Å². The van der Waals surface area contributed by atoms with Gasteiger partial charge in [-0.15, -0.1) is 0 Å². The Morgan fingerprint density at radius 3 is 1.67 bits per heavy atom. The van der Waals surface area contributed by atoms with Crippen LogP contribution < -0.4 is 10.6 Å². The van der Waals surface area contributed by atoms with Crippen molar-refractivity contribution in [2.24, 2.45) is 5.92 Å². The number of carbonyl (C=O) groups is 4. The first kappa shape index (κ1) is 31.0. The van der Waals surface area contributed by atoms with Gasteiger partial charge in [0, 0.05) is 25.5 Å². The highest BCUT2D eigenvalue weighted by Crippen LogP contribution is 2.78. The van der Waals surface area contributed by atoms with Crippen LogP contribution in [0.2, 0.25) is 0 Å². The Labute approximate surface area is 296 Å². The van der Waals surface area contributed by atoms with E-state index in [4.69, 9.17) is 0 Å². The maximum Gasteiger partial charge on any atom is 0.265 e. The summed E-state index contributed by atoms with van der Waals surface area (Å²) in [7, 11) is 7.57. The van der Waals surface area contributed by atoms with Gasteiger partial charge in [0.05, 0.1) is 17.4 Å². The number of hydrogen-bond acceptors (Lipinski definition) is 13. The minimum Gasteiger partial charge on any atom is -0.392 e. The fourth-order valence-electron chi connectivity index (χ4n) is 10.5. The molecule has 49 heavy (non-hydrogen) atoms. The van der Waals surface area contributed by atoms with Crippen molar-refractivity contribution in [3.05, 3.63) is 59.7 Å². The van der Waals surface area contributed by atoms with Crippen LogP contribution in [0.5, 0.6) is 0 Å². The number of nitrogens with one attached hydrogen (secondary N) is 2.